The Morgan fingerprint density at radius 3 is 2.68 bits per heavy atom. The van der Waals surface area contributed by atoms with Gasteiger partial charge in [0.25, 0.3) is 5.91 Å². The molecule has 3 aliphatic rings. The number of hydrogen-bond acceptors (Lipinski definition) is 3. The second-order valence-electron chi connectivity index (χ2n) is 8.68. The lowest BCUT2D eigenvalue weighted by atomic mass is 9.96. The fraction of sp³-hybridized carbons (Fsp3) is 0.565. The molecule has 3 fully saturated rings. The van der Waals surface area contributed by atoms with E-state index in [0.29, 0.717) is 5.92 Å². The van der Waals surface area contributed by atoms with Gasteiger partial charge in [0.1, 0.15) is 5.82 Å². The van der Waals surface area contributed by atoms with Gasteiger partial charge in [-0.2, -0.15) is 0 Å². The number of imidazole rings is 1. The van der Waals surface area contributed by atoms with E-state index in [9.17, 15) is 4.79 Å². The van der Waals surface area contributed by atoms with Crippen LogP contribution in [0.5, 0.6) is 0 Å². The number of hydrogen-bond donors (Lipinski definition) is 0. The molecule has 0 N–H and O–H groups in total. The van der Waals surface area contributed by atoms with Gasteiger partial charge in [0.2, 0.25) is 0 Å². The molecule has 1 saturated carbocycles. The maximum atomic E-state index is 13.4. The highest BCUT2D eigenvalue weighted by atomic mass is 16.2. The van der Waals surface area contributed by atoms with Crippen LogP contribution in [0, 0.1) is 5.92 Å². The van der Waals surface area contributed by atoms with Crippen molar-refractivity contribution < 1.29 is 4.79 Å². The van der Waals surface area contributed by atoms with Gasteiger partial charge in [-0.25, -0.2) is 4.98 Å². The van der Waals surface area contributed by atoms with Crippen LogP contribution in [0.1, 0.15) is 60.6 Å². The fourth-order valence-electron chi connectivity index (χ4n) is 4.84. The smallest absolute Gasteiger partial charge is 0.255 e. The van der Waals surface area contributed by atoms with Crippen LogP contribution in [0.3, 0.4) is 0 Å². The van der Waals surface area contributed by atoms with E-state index in [1.165, 1.54) is 31.5 Å². The molecule has 2 saturated heterocycles. The van der Waals surface area contributed by atoms with Gasteiger partial charge in [0.05, 0.1) is 5.56 Å². The van der Waals surface area contributed by atoms with Crippen molar-refractivity contribution in [2.45, 2.75) is 51.0 Å². The Morgan fingerprint density at radius 2 is 1.86 bits per heavy atom. The largest absolute Gasteiger partial charge is 0.371 e. The van der Waals surface area contributed by atoms with Gasteiger partial charge in [-0.15, -0.1) is 0 Å². The Morgan fingerprint density at radius 1 is 1.04 bits per heavy atom. The van der Waals surface area contributed by atoms with Crippen molar-refractivity contribution in [3.8, 4) is 0 Å². The molecule has 148 valence electrons. The maximum absolute atomic E-state index is 13.4. The van der Waals surface area contributed by atoms with E-state index in [4.69, 9.17) is 0 Å². The second kappa shape index (κ2) is 7.61. The number of para-hydroxylation sites is 1. The average molecular weight is 379 g/mol. The van der Waals surface area contributed by atoms with Gasteiger partial charge in [-0.1, -0.05) is 12.1 Å². The van der Waals surface area contributed by atoms with Gasteiger partial charge < -0.3 is 14.4 Å². The SMILES string of the molecule is O=C(c1ccccc1N1CCCC1)N1CCCC(c2nccn2CC2CC2)C1. The van der Waals surface area contributed by atoms with Crippen molar-refractivity contribution >= 4 is 11.6 Å². The van der Waals surface area contributed by atoms with E-state index < -0.39 is 0 Å². The quantitative estimate of drug-likeness (QED) is 0.792. The number of carbonyl (C=O) groups is 1. The Bertz CT molecular complexity index is 835. The molecule has 3 heterocycles. The Hall–Kier alpha value is -2.30. The lowest BCUT2D eigenvalue weighted by Gasteiger charge is -2.34. The van der Waals surface area contributed by atoms with Gasteiger partial charge in [0.15, 0.2) is 0 Å². The van der Waals surface area contributed by atoms with Crippen molar-refractivity contribution in [3.05, 3.63) is 48.0 Å². The highest BCUT2D eigenvalue weighted by Crippen LogP contribution is 2.34. The molecule has 2 aromatic rings. The van der Waals surface area contributed by atoms with Crippen LogP contribution in [0.15, 0.2) is 36.7 Å². The highest BCUT2D eigenvalue weighted by molar-refractivity contribution is 6.00. The molecule has 1 aromatic heterocycles. The molecule has 5 heteroatoms. The summed E-state index contributed by atoms with van der Waals surface area (Å²) in [7, 11) is 0. The Kier molecular flexibility index (Phi) is 4.83. The minimum Gasteiger partial charge on any atom is -0.371 e. The van der Waals surface area contributed by atoms with Crippen LogP contribution < -0.4 is 4.90 Å². The number of piperidine rings is 1. The summed E-state index contributed by atoms with van der Waals surface area (Å²) in [5.74, 6) is 2.55. The molecule has 0 bridgehead atoms. The first-order chi connectivity index (χ1) is 13.8. The standard InChI is InChI=1S/C23H30N4O/c28-23(20-7-1-2-8-21(20)25-12-3-4-13-25)27-14-5-6-19(17-27)22-24-11-15-26(22)16-18-9-10-18/h1-2,7-8,11,15,18-19H,3-6,9-10,12-14,16-17H2. The number of likely N-dealkylation sites (tertiary alicyclic amines) is 1. The third-order valence-corrected chi connectivity index (χ3v) is 6.55. The van der Waals surface area contributed by atoms with Crippen LogP contribution in [-0.2, 0) is 6.54 Å². The summed E-state index contributed by atoms with van der Waals surface area (Å²) >= 11 is 0. The number of amides is 1. The van der Waals surface area contributed by atoms with Crippen molar-refractivity contribution in [1.29, 1.82) is 0 Å². The summed E-state index contributed by atoms with van der Waals surface area (Å²) in [5.41, 5.74) is 1.98. The molecule has 1 aromatic carbocycles. The maximum Gasteiger partial charge on any atom is 0.255 e. The van der Waals surface area contributed by atoms with Gasteiger partial charge in [-0.3, -0.25) is 4.79 Å². The number of aromatic nitrogens is 2. The van der Waals surface area contributed by atoms with Crippen LogP contribution in [-0.4, -0.2) is 46.5 Å². The summed E-state index contributed by atoms with van der Waals surface area (Å²) in [6.07, 6.45) is 11.4. The zero-order valence-corrected chi connectivity index (χ0v) is 16.6. The van der Waals surface area contributed by atoms with Crippen molar-refractivity contribution in [2.24, 2.45) is 5.92 Å². The zero-order valence-electron chi connectivity index (χ0n) is 16.6. The topological polar surface area (TPSA) is 41.4 Å². The predicted octanol–water partition coefficient (Wildman–Crippen LogP) is 3.91. The lowest BCUT2D eigenvalue weighted by Crippen LogP contribution is -2.40. The minimum absolute atomic E-state index is 0.187. The number of rotatable bonds is 5. The van der Waals surface area contributed by atoms with Gasteiger partial charge in [0, 0.05) is 56.7 Å². The number of carbonyl (C=O) groups excluding carboxylic acids is 1. The van der Waals surface area contributed by atoms with Crippen LogP contribution in [0.25, 0.3) is 0 Å². The summed E-state index contributed by atoms with van der Waals surface area (Å²) < 4.78 is 2.34. The lowest BCUT2D eigenvalue weighted by molar-refractivity contribution is 0.0704. The molecule has 1 amide bonds. The van der Waals surface area contributed by atoms with E-state index in [-0.39, 0.29) is 5.91 Å². The Balaban J connectivity index is 1.34. The summed E-state index contributed by atoms with van der Waals surface area (Å²) in [4.78, 5) is 22.6. The van der Waals surface area contributed by atoms with E-state index in [1.54, 1.807) is 0 Å². The van der Waals surface area contributed by atoms with E-state index in [2.05, 4.69) is 37.7 Å². The van der Waals surface area contributed by atoms with Gasteiger partial charge in [-0.05, 0) is 56.6 Å². The third kappa shape index (κ3) is 3.54. The molecule has 2 aliphatic heterocycles. The van der Waals surface area contributed by atoms with Crippen LogP contribution >= 0.6 is 0 Å². The number of benzene rings is 1. The molecule has 5 nitrogen and oxygen atoms in total. The normalized spacial score (nSPS) is 22.6. The van der Waals surface area contributed by atoms with Crippen molar-refractivity contribution in [2.75, 3.05) is 31.1 Å². The average Bonchev–Trinajstić information content (AvgIpc) is 3.20. The van der Waals surface area contributed by atoms with Crippen molar-refractivity contribution in [1.82, 2.24) is 14.5 Å². The summed E-state index contributed by atoms with van der Waals surface area (Å²) in [6.45, 7) is 4.86. The fourth-order valence-corrected chi connectivity index (χ4v) is 4.84. The first kappa shape index (κ1) is 17.8. The molecular weight excluding hydrogens is 348 g/mol. The predicted molar refractivity (Wildman–Crippen MR) is 111 cm³/mol. The third-order valence-electron chi connectivity index (χ3n) is 6.55. The van der Waals surface area contributed by atoms with E-state index in [1.807, 2.05) is 18.3 Å². The van der Waals surface area contributed by atoms with Gasteiger partial charge >= 0.3 is 0 Å². The monoisotopic (exact) mass is 378 g/mol. The molecule has 1 aliphatic carbocycles. The number of nitrogens with zero attached hydrogens (tertiary/aromatic N) is 4. The second-order valence-corrected chi connectivity index (χ2v) is 8.68. The first-order valence-corrected chi connectivity index (χ1v) is 10.9. The number of anilines is 1. The van der Waals surface area contributed by atoms with E-state index >= 15 is 0 Å². The molecule has 28 heavy (non-hydrogen) atoms. The minimum atomic E-state index is 0.187. The molecule has 0 spiro atoms. The first-order valence-electron chi connectivity index (χ1n) is 10.9. The molecular formula is C23H30N4O. The molecule has 1 unspecified atom stereocenters. The molecule has 1 atom stereocenters. The zero-order chi connectivity index (χ0) is 18.9. The summed E-state index contributed by atoms with van der Waals surface area (Å²) in [6, 6.07) is 8.17. The molecule has 5 rings (SSSR count). The van der Waals surface area contributed by atoms with Crippen molar-refractivity contribution in [3.63, 3.8) is 0 Å². The summed E-state index contributed by atoms with van der Waals surface area (Å²) in [5, 5.41) is 0. The highest BCUT2D eigenvalue weighted by Gasteiger charge is 2.31. The van der Waals surface area contributed by atoms with Crippen LogP contribution in [0.2, 0.25) is 0 Å². The van der Waals surface area contributed by atoms with E-state index in [0.717, 1.165) is 62.7 Å². The van der Waals surface area contributed by atoms with Crippen LogP contribution in [0.4, 0.5) is 5.69 Å². The molecule has 0 radical (unpaired) electrons. The Labute approximate surface area is 167 Å².